The van der Waals surface area contributed by atoms with Crippen LogP contribution in [0.25, 0.3) is 11.0 Å². The van der Waals surface area contributed by atoms with Crippen molar-refractivity contribution in [1.29, 1.82) is 0 Å². The first-order valence-electron chi connectivity index (χ1n) is 7.15. The second kappa shape index (κ2) is 5.35. The van der Waals surface area contributed by atoms with E-state index in [2.05, 4.69) is 24.1 Å². The molecule has 1 aromatic carbocycles. The van der Waals surface area contributed by atoms with Crippen molar-refractivity contribution in [3.8, 4) is 0 Å². The standard InChI is InChI=1S/C16H22N2O/c1-18(10-12-5-4-6-12)11-14(17)16-9-13-7-2-3-8-15(13)19-16/h2-3,7-9,12,14H,4-6,10-11,17H2,1H3. The molecule has 0 amide bonds. The summed E-state index contributed by atoms with van der Waals surface area (Å²) in [6.45, 7) is 2.02. The fourth-order valence-electron chi connectivity index (χ4n) is 2.80. The minimum Gasteiger partial charge on any atom is -0.459 e. The molecule has 102 valence electrons. The molecular formula is C16H22N2O. The smallest absolute Gasteiger partial charge is 0.134 e. The highest BCUT2D eigenvalue weighted by Gasteiger charge is 2.21. The van der Waals surface area contributed by atoms with Gasteiger partial charge in [-0.15, -0.1) is 0 Å². The fourth-order valence-corrected chi connectivity index (χ4v) is 2.80. The summed E-state index contributed by atoms with van der Waals surface area (Å²) >= 11 is 0. The quantitative estimate of drug-likeness (QED) is 0.895. The van der Waals surface area contributed by atoms with Crippen LogP contribution >= 0.6 is 0 Å². The molecule has 3 heteroatoms. The minimum atomic E-state index is -0.0440. The van der Waals surface area contributed by atoms with Gasteiger partial charge >= 0.3 is 0 Å². The molecule has 1 atom stereocenters. The predicted octanol–water partition coefficient (Wildman–Crippen LogP) is 3.16. The van der Waals surface area contributed by atoms with E-state index in [-0.39, 0.29) is 6.04 Å². The molecule has 1 aliphatic carbocycles. The van der Waals surface area contributed by atoms with E-state index in [0.717, 1.165) is 35.7 Å². The zero-order valence-corrected chi connectivity index (χ0v) is 11.5. The number of hydrogen-bond acceptors (Lipinski definition) is 3. The first kappa shape index (κ1) is 12.7. The van der Waals surface area contributed by atoms with Gasteiger partial charge in [0.25, 0.3) is 0 Å². The summed E-state index contributed by atoms with van der Waals surface area (Å²) < 4.78 is 5.82. The molecule has 3 rings (SSSR count). The van der Waals surface area contributed by atoms with Crippen LogP contribution in [0.2, 0.25) is 0 Å². The average molecular weight is 258 g/mol. The van der Waals surface area contributed by atoms with Gasteiger partial charge < -0.3 is 15.1 Å². The van der Waals surface area contributed by atoms with Gasteiger partial charge in [0.2, 0.25) is 0 Å². The molecule has 1 aromatic heterocycles. The highest BCUT2D eigenvalue weighted by molar-refractivity contribution is 5.77. The molecule has 1 heterocycles. The molecule has 0 bridgehead atoms. The Labute approximate surface area is 114 Å². The van der Waals surface area contributed by atoms with Gasteiger partial charge in [0.05, 0.1) is 6.04 Å². The van der Waals surface area contributed by atoms with Gasteiger partial charge in [-0.3, -0.25) is 0 Å². The summed E-state index contributed by atoms with van der Waals surface area (Å²) in [6, 6.07) is 10.1. The zero-order valence-electron chi connectivity index (χ0n) is 11.5. The third kappa shape index (κ3) is 2.82. The monoisotopic (exact) mass is 258 g/mol. The normalized spacial score (nSPS) is 17.8. The van der Waals surface area contributed by atoms with Crippen molar-refractivity contribution in [3.05, 3.63) is 36.1 Å². The number of fused-ring (bicyclic) bond motifs is 1. The van der Waals surface area contributed by atoms with Crippen LogP contribution in [0.5, 0.6) is 0 Å². The minimum absolute atomic E-state index is 0.0440. The molecule has 1 saturated carbocycles. The largest absolute Gasteiger partial charge is 0.459 e. The van der Waals surface area contributed by atoms with Crippen LogP contribution in [0.15, 0.2) is 34.7 Å². The predicted molar refractivity (Wildman–Crippen MR) is 78.0 cm³/mol. The van der Waals surface area contributed by atoms with Gasteiger partial charge in [-0.1, -0.05) is 24.6 Å². The third-order valence-electron chi connectivity index (χ3n) is 4.11. The van der Waals surface area contributed by atoms with Gasteiger partial charge in [0.15, 0.2) is 0 Å². The summed E-state index contributed by atoms with van der Waals surface area (Å²) in [5.41, 5.74) is 7.19. The van der Waals surface area contributed by atoms with Crippen LogP contribution < -0.4 is 5.73 Å². The van der Waals surface area contributed by atoms with E-state index in [0.29, 0.717) is 0 Å². The summed E-state index contributed by atoms with van der Waals surface area (Å²) in [4.78, 5) is 2.34. The molecule has 1 unspecified atom stereocenters. The van der Waals surface area contributed by atoms with Crippen molar-refractivity contribution in [2.45, 2.75) is 25.3 Å². The Morgan fingerprint density at radius 3 is 2.84 bits per heavy atom. The maximum atomic E-state index is 6.26. The van der Waals surface area contributed by atoms with Crippen LogP contribution in [-0.4, -0.2) is 25.0 Å². The van der Waals surface area contributed by atoms with E-state index in [1.54, 1.807) is 0 Å². The van der Waals surface area contributed by atoms with Gasteiger partial charge in [-0.05, 0) is 37.9 Å². The molecule has 3 nitrogen and oxygen atoms in total. The van der Waals surface area contributed by atoms with Crippen molar-refractivity contribution in [2.24, 2.45) is 11.7 Å². The lowest BCUT2D eigenvalue weighted by Crippen LogP contribution is -2.34. The molecule has 0 spiro atoms. The first-order valence-corrected chi connectivity index (χ1v) is 7.15. The molecule has 2 aromatic rings. The summed E-state index contributed by atoms with van der Waals surface area (Å²) in [6.07, 6.45) is 4.16. The van der Waals surface area contributed by atoms with E-state index in [1.807, 2.05) is 18.2 Å². The lowest BCUT2D eigenvalue weighted by Gasteiger charge is -2.31. The molecule has 1 aliphatic rings. The van der Waals surface area contributed by atoms with Crippen LogP contribution in [0.4, 0.5) is 0 Å². The highest BCUT2D eigenvalue weighted by Crippen LogP contribution is 2.28. The van der Waals surface area contributed by atoms with E-state index >= 15 is 0 Å². The van der Waals surface area contributed by atoms with Gasteiger partial charge in [0, 0.05) is 18.5 Å². The maximum absolute atomic E-state index is 6.26. The Morgan fingerprint density at radius 2 is 2.16 bits per heavy atom. The number of benzene rings is 1. The SMILES string of the molecule is CN(CC1CCC1)CC(N)c1cc2ccccc2o1. The topological polar surface area (TPSA) is 42.4 Å². The van der Waals surface area contributed by atoms with Crippen molar-refractivity contribution >= 4 is 11.0 Å². The summed E-state index contributed by atoms with van der Waals surface area (Å²) in [7, 11) is 2.15. The third-order valence-corrected chi connectivity index (χ3v) is 4.11. The molecule has 19 heavy (non-hydrogen) atoms. The van der Waals surface area contributed by atoms with Gasteiger partial charge in [0.1, 0.15) is 11.3 Å². The number of hydrogen-bond donors (Lipinski definition) is 1. The van der Waals surface area contributed by atoms with Crippen molar-refractivity contribution in [1.82, 2.24) is 4.90 Å². The van der Waals surface area contributed by atoms with Crippen LogP contribution in [-0.2, 0) is 0 Å². The Morgan fingerprint density at radius 1 is 1.37 bits per heavy atom. The summed E-state index contributed by atoms with van der Waals surface area (Å²) in [5, 5.41) is 1.13. The van der Waals surface area contributed by atoms with E-state index in [9.17, 15) is 0 Å². The number of nitrogens with two attached hydrogens (primary N) is 1. The van der Waals surface area contributed by atoms with Crippen molar-refractivity contribution in [3.63, 3.8) is 0 Å². The average Bonchev–Trinajstić information content (AvgIpc) is 2.77. The zero-order chi connectivity index (χ0) is 13.2. The molecule has 1 fully saturated rings. The van der Waals surface area contributed by atoms with Crippen LogP contribution in [0.3, 0.4) is 0 Å². The second-order valence-corrected chi connectivity index (χ2v) is 5.81. The summed E-state index contributed by atoms with van der Waals surface area (Å²) in [5.74, 6) is 1.77. The Kier molecular flexibility index (Phi) is 3.58. The number of para-hydroxylation sites is 1. The van der Waals surface area contributed by atoms with E-state index in [4.69, 9.17) is 10.2 Å². The Hall–Kier alpha value is -1.32. The van der Waals surface area contributed by atoms with E-state index in [1.165, 1.54) is 19.3 Å². The van der Waals surface area contributed by atoms with Gasteiger partial charge in [-0.25, -0.2) is 0 Å². The van der Waals surface area contributed by atoms with Crippen molar-refractivity contribution in [2.75, 3.05) is 20.1 Å². The Bertz CT molecular complexity index is 511. The number of nitrogens with zero attached hydrogens (tertiary/aromatic N) is 1. The number of rotatable bonds is 5. The van der Waals surface area contributed by atoms with Crippen molar-refractivity contribution < 1.29 is 4.42 Å². The van der Waals surface area contributed by atoms with Crippen LogP contribution in [0, 0.1) is 5.92 Å². The molecule has 0 saturated heterocycles. The fraction of sp³-hybridized carbons (Fsp3) is 0.500. The highest BCUT2D eigenvalue weighted by atomic mass is 16.3. The molecule has 0 radical (unpaired) electrons. The lowest BCUT2D eigenvalue weighted by molar-refractivity contribution is 0.194. The van der Waals surface area contributed by atoms with E-state index < -0.39 is 0 Å². The first-order chi connectivity index (χ1) is 9.22. The number of furan rings is 1. The van der Waals surface area contributed by atoms with Crippen LogP contribution in [0.1, 0.15) is 31.1 Å². The molecular weight excluding hydrogens is 236 g/mol. The molecule has 0 aliphatic heterocycles. The maximum Gasteiger partial charge on any atom is 0.134 e. The molecule has 2 N–H and O–H groups in total. The van der Waals surface area contributed by atoms with Gasteiger partial charge in [-0.2, -0.15) is 0 Å². The second-order valence-electron chi connectivity index (χ2n) is 5.81. The lowest BCUT2D eigenvalue weighted by atomic mass is 9.85. The number of likely N-dealkylation sites (N-methyl/N-ethyl adjacent to an activating group) is 1. The Balaban J connectivity index is 1.63.